The summed E-state index contributed by atoms with van der Waals surface area (Å²) >= 11 is 25.5. The molecule has 0 fully saturated rings. The molecule has 0 aliphatic carbocycles. The molecule has 0 atom stereocenters. The van der Waals surface area contributed by atoms with Crippen LogP contribution in [0.4, 0.5) is 11.4 Å². The number of hydrogen-bond acceptors (Lipinski definition) is 4. The lowest BCUT2D eigenvalue weighted by Crippen LogP contribution is -3.00. The van der Waals surface area contributed by atoms with Crippen LogP contribution in [0, 0.1) is 0 Å². The van der Waals surface area contributed by atoms with Crippen LogP contribution in [0.3, 0.4) is 0 Å². The normalized spacial score (nSPS) is 13.1. The molecule has 0 saturated carbocycles. The van der Waals surface area contributed by atoms with Gasteiger partial charge in [-0.2, -0.15) is 0 Å². The standard InChI is InChI=1S/C27H31Cl4N4O2.ClH/c1-3-32-22-14-18(28)19(29)15-23(22)33(4-2)26(32)8-5-9-27-34(10-6-12-36)24-16-20(30)21(31)17-25(24)35(27)11-7-13-37;/h5,8-9,14-17,36-37H,3-4,6-7,10-13H2,1-2H3;1H/q+1;/p-1. The van der Waals surface area contributed by atoms with Crippen LogP contribution in [0.1, 0.15) is 32.5 Å². The summed E-state index contributed by atoms with van der Waals surface area (Å²) in [5.41, 5.74) is 3.91. The average molecular weight is 621 g/mol. The van der Waals surface area contributed by atoms with Gasteiger partial charge in [0.1, 0.15) is 5.82 Å². The number of aryl methyl sites for hydroxylation is 2. The second kappa shape index (κ2) is 13.6. The number of benzene rings is 2. The minimum atomic E-state index is 0. The average Bonchev–Trinajstić information content (AvgIpc) is 3.32. The molecule has 6 nitrogen and oxygen atoms in total. The summed E-state index contributed by atoms with van der Waals surface area (Å²) in [6.45, 7) is 7.11. The van der Waals surface area contributed by atoms with E-state index in [0.717, 1.165) is 47.1 Å². The molecule has 4 rings (SSSR count). The van der Waals surface area contributed by atoms with Crippen LogP contribution in [0.25, 0.3) is 17.1 Å². The molecular weight excluding hydrogens is 590 g/mol. The Kier molecular flexibility index (Phi) is 11.1. The third-order valence-electron chi connectivity index (χ3n) is 6.51. The van der Waals surface area contributed by atoms with E-state index in [4.69, 9.17) is 46.4 Å². The van der Waals surface area contributed by atoms with Crippen molar-refractivity contribution in [3.63, 3.8) is 0 Å². The van der Waals surface area contributed by atoms with E-state index in [1.807, 2.05) is 36.4 Å². The van der Waals surface area contributed by atoms with Crippen molar-refractivity contribution >= 4 is 74.9 Å². The van der Waals surface area contributed by atoms with Gasteiger partial charge in [0.15, 0.2) is 11.0 Å². The van der Waals surface area contributed by atoms with Gasteiger partial charge in [-0.3, -0.25) is 0 Å². The maximum atomic E-state index is 9.54. The highest BCUT2D eigenvalue weighted by Gasteiger charge is 2.30. The van der Waals surface area contributed by atoms with Gasteiger partial charge in [0, 0.05) is 57.4 Å². The third-order valence-corrected chi connectivity index (χ3v) is 7.95. The number of rotatable bonds is 10. The fraction of sp³-hybridized carbons (Fsp3) is 0.370. The summed E-state index contributed by atoms with van der Waals surface area (Å²) < 4.78 is 4.27. The largest absolute Gasteiger partial charge is 1.00 e. The van der Waals surface area contributed by atoms with E-state index >= 15 is 0 Å². The fourth-order valence-electron chi connectivity index (χ4n) is 4.87. The number of hydrogen-bond donors (Lipinski definition) is 2. The van der Waals surface area contributed by atoms with Crippen LogP contribution in [-0.4, -0.2) is 41.1 Å². The highest BCUT2D eigenvalue weighted by Crippen LogP contribution is 2.45. The van der Waals surface area contributed by atoms with E-state index in [9.17, 15) is 10.2 Å². The monoisotopic (exact) mass is 618 g/mol. The second-order valence-electron chi connectivity index (χ2n) is 8.70. The van der Waals surface area contributed by atoms with Crippen molar-refractivity contribution in [2.45, 2.75) is 39.8 Å². The number of aliphatic hydroxyl groups is 2. The summed E-state index contributed by atoms with van der Waals surface area (Å²) in [5, 5.41) is 21.1. The lowest BCUT2D eigenvalue weighted by Gasteiger charge is -2.23. The maximum Gasteiger partial charge on any atom is 0.282 e. The summed E-state index contributed by atoms with van der Waals surface area (Å²) in [4.78, 5) is 4.43. The molecule has 11 heteroatoms. The molecule has 0 saturated heterocycles. The van der Waals surface area contributed by atoms with E-state index in [1.165, 1.54) is 0 Å². The Balaban J connectivity index is 0.00000400. The van der Waals surface area contributed by atoms with Crippen molar-refractivity contribution in [2.75, 3.05) is 36.1 Å². The minimum absolute atomic E-state index is 0. The number of aromatic nitrogens is 2. The van der Waals surface area contributed by atoms with Crippen LogP contribution in [0.15, 0.2) is 42.2 Å². The zero-order valence-electron chi connectivity index (χ0n) is 21.3. The summed E-state index contributed by atoms with van der Waals surface area (Å²) in [7, 11) is 0. The fourth-order valence-corrected chi connectivity index (χ4v) is 5.51. The van der Waals surface area contributed by atoms with Crippen LogP contribution < -0.4 is 26.8 Å². The molecule has 1 aliphatic heterocycles. The van der Waals surface area contributed by atoms with Gasteiger partial charge in [-0.05, 0) is 32.1 Å². The Morgan fingerprint density at radius 3 is 1.92 bits per heavy atom. The zero-order valence-corrected chi connectivity index (χ0v) is 25.1. The van der Waals surface area contributed by atoms with Crippen molar-refractivity contribution in [1.29, 1.82) is 0 Å². The van der Waals surface area contributed by atoms with E-state index in [-0.39, 0.29) is 25.6 Å². The molecule has 2 heterocycles. The Morgan fingerprint density at radius 1 is 0.816 bits per heavy atom. The van der Waals surface area contributed by atoms with Crippen LogP contribution >= 0.6 is 46.4 Å². The number of fused-ring (bicyclic) bond motifs is 2. The van der Waals surface area contributed by atoms with Crippen molar-refractivity contribution in [1.82, 2.24) is 4.57 Å². The predicted octanol–water partition coefficient (Wildman–Crippen LogP) is 3.53. The number of allylic oxidation sites excluding steroid dienone is 2. The van der Waals surface area contributed by atoms with E-state index < -0.39 is 0 Å². The number of anilines is 2. The number of aliphatic hydroxyl groups excluding tert-OH is 2. The first-order valence-electron chi connectivity index (χ1n) is 12.4. The van der Waals surface area contributed by atoms with Crippen molar-refractivity contribution in [3.05, 3.63) is 68.2 Å². The molecular formula is C27H31Cl5N4O2. The van der Waals surface area contributed by atoms with Crippen LogP contribution in [-0.2, 0) is 13.1 Å². The van der Waals surface area contributed by atoms with Crippen molar-refractivity contribution in [2.24, 2.45) is 0 Å². The highest BCUT2D eigenvalue weighted by molar-refractivity contribution is 6.43. The van der Waals surface area contributed by atoms with Gasteiger partial charge in [-0.15, -0.1) is 0 Å². The van der Waals surface area contributed by atoms with E-state index in [1.54, 1.807) is 0 Å². The Labute approximate surface area is 249 Å². The number of nitrogens with zero attached hydrogens (tertiary/aromatic N) is 4. The topological polar surface area (TPSA) is 55.8 Å². The van der Waals surface area contributed by atoms with Gasteiger partial charge >= 0.3 is 0 Å². The van der Waals surface area contributed by atoms with Crippen LogP contribution in [0.2, 0.25) is 20.1 Å². The third kappa shape index (κ3) is 5.92. The summed E-state index contributed by atoms with van der Waals surface area (Å²) in [6.07, 6.45) is 7.34. The zero-order chi connectivity index (χ0) is 26.7. The first kappa shape index (κ1) is 30.9. The van der Waals surface area contributed by atoms with Gasteiger partial charge in [0.05, 0.1) is 44.6 Å². The quantitative estimate of drug-likeness (QED) is 0.341. The maximum absolute atomic E-state index is 9.54. The highest BCUT2D eigenvalue weighted by atomic mass is 35.5. The number of halogens is 5. The Bertz CT molecular complexity index is 1270. The molecule has 2 N–H and O–H groups in total. The molecule has 2 aromatic carbocycles. The van der Waals surface area contributed by atoms with Gasteiger partial charge in [-0.1, -0.05) is 52.5 Å². The summed E-state index contributed by atoms with van der Waals surface area (Å²) in [6, 6.07) is 7.55. The summed E-state index contributed by atoms with van der Waals surface area (Å²) in [5.74, 6) is 1.96. The lowest BCUT2D eigenvalue weighted by atomic mass is 10.2. The Hall–Kier alpha value is -1.64. The predicted molar refractivity (Wildman–Crippen MR) is 155 cm³/mol. The molecule has 0 amide bonds. The number of imidazole rings is 1. The van der Waals surface area contributed by atoms with Gasteiger partial charge in [0.2, 0.25) is 0 Å². The smallest absolute Gasteiger partial charge is 0.282 e. The minimum Gasteiger partial charge on any atom is -1.00 e. The molecule has 3 aromatic rings. The molecule has 38 heavy (non-hydrogen) atoms. The molecule has 0 spiro atoms. The van der Waals surface area contributed by atoms with Crippen LogP contribution in [0.5, 0.6) is 0 Å². The molecule has 1 aliphatic rings. The van der Waals surface area contributed by atoms with Crippen molar-refractivity contribution < 1.29 is 27.2 Å². The van der Waals surface area contributed by atoms with Gasteiger partial charge < -0.3 is 32.4 Å². The van der Waals surface area contributed by atoms with Gasteiger partial charge in [0.25, 0.3) is 5.82 Å². The SMILES string of the molecule is CCN1C(=CC=Cc2n(CCCO)c3cc(Cl)c(Cl)cc3[n+]2CCCO)N(CC)c2cc(Cl)c(Cl)cc21.[Cl-]. The molecule has 0 radical (unpaired) electrons. The Morgan fingerprint density at radius 2 is 1.37 bits per heavy atom. The molecule has 0 unspecified atom stereocenters. The molecule has 206 valence electrons. The molecule has 1 aromatic heterocycles. The van der Waals surface area contributed by atoms with E-state index in [2.05, 4.69) is 38.9 Å². The van der Waals surface area contributed by atoms with Crippen molar-refractivity contribution in [3.8, 4) is 0 Å². The first-order valence-corrected chi connectivity index (χ1v) is 13.9. The lowest BCUT2D eigenvalue weighted by molar-refractivity contribution is -0.674. The second-order valence-corrected chi connectivity index (χ2v) is 10.3. The first-order chi connectivity index (χ1) is 17.9. The van der Waals surface area contributed by atoms with E-state index in [0.29, 0.717) is 46.0 Å². The van der Waals surface area contributed by atoms with Gasteiger partial charge in [-0.25, -0.2) is 9.13 Å². The molecule has 0 bridgehead atoms.